The molecule has 0 radical (unpaired) electrons. The summed E-state index contributed by atoms with van der Waals surface area (Å²) in [6.07, 6.45) is 1.12. The molecule has 4 heteroatoms. The SMILES string of the molecule is N#Cc1ccc(CNC2CCSc3ccccc32)o1. The Morgan fingerprint density at radius 3 is 3.05 bits per heavy atom. The van der Waals surface area contributed by atoms with Crippen LogP contribution in [0.25, 0.3) is 0 Å². The molecular formula is C15H14N2OS. The average Bonchev–Trinajstić information content (AvgIpc) is 2.93. The van der Waals surface area contributed by atoms with Crippen LogP contribution in [0.2, 0.25) is 0 Å². The van der Waals surface area contributed by atoms with Crippen molar-refractivity contribution in [3.05, 3.63) is 53.5 Å². The number of nitrogens with one attached hydrogen (secondary N) is 1. The Labute approximate surface area is 116 Å². The third-order valence-corrected chi connectivity index (χ3v) is 4.38. The van der Waals surface area contributed by atoms with E-state index in [1.54, 1.807) is 6.07 Å². The molecule has 3 rings (SSSR count). The van der Waals surface area contributed by atoms with Crippen LogP contribution in [0.15, 0.2) is 45.7 Å². The Hall–Kier alpha value is -1.70. The van der Waals surface area contributed by atoms with Gasteiger partial charge in [0.2, 0.25) is 5.76 Å². The molecule has 2 aromatic rings. The summed E-state index contributed by atoms with van der Waals surface area (Å²) < 4.78 is 5.38. The van der Waals surface area contributed by atoms with E-state index in [4.69, 9.17) is 9.68 Å². The van der Waals surface area contributed by atoms with Gasteiger partial charge in [-0.05, 0) is 35.9 Å². The van der Waals surface area contributed by atoms with Gasteiger partial charge in [-0.25, -0.2) is 0 Å². The number of furan rings is 1. The maximum absolute atomic E-state index is 8.73. The summed E-state index contributed by atoms with van der Waals surface area (Å²) in [5.74, 6) is 2.32. The van der Waals surface area contributed by atoms with Gasteiger partial charge < -0.3 is 9.73 Å². The minimum atomic E-state index is 0.369. The molecule has 0 amide bonds. The second kappa shape index (κ2) is 5.52. The molecule has 1 aliphatic heterocycles. The Kier molecular flexibility index (Phi) is 3.58. The van der Waals surface area contributed by atoms with Crippen molar-refractivity contribution in [1.29, 1.82) is 5.26 Å². The molecule has 19 heavy (non-hydrogen) atoms. The van der Waals surface area contributed by atoms with Crippen molar-refractivity contribution < 1.29 is 4.42 Å². The number of thioether (sulfide) groups is 1. The highest BCUT2D eigenvalue weighted by Crippen LogP contribution is 2.35. The largest absolute Gasteiger partial charge is 0.449 e. The van der Waals surface area contributed by atoms with E-state index in [2.05, 4.69) is 29.6 Å². The fourth-order valence-corrected chi connectivity index (χ4v) is 3.44. The van der Waals surface area contributed by atoms with Crippen LogP contribution < -0.4 is 5.32 Å². The van der Waals surface area contributed by atoms with Crippen LogP contribution >= 0.6 is 11.8 Å². The van der Waals surface area contributed by atoms with Crippen LogP contribution in [0, 0.1) is 11.3 Å². The van der Waals surface area contributed by atoms with Gasteiger partial charge in [0.15, 0.2) is 0 Å². The fourth-order valence-electron chi connectivity index (χ4n) is 2.31. The summed E-state index contributed by atoms with van der Waals surface area (Å²) >= 11 is 1.92. The van der Waals surface area contributed by atoms with Gasteiger partial charge in [0, 0.05) is 10.9 Å². The Morgan fingerprint density at radius 1 is 1.32 bits per heavy atom. The van der Waals surface area contributed by atoms with Crippen molar-refractivity contribution >= 4 is 11.8 Å². The summed E-state index contributed by atoms with van der Waals surface area (Å²) in [7, 11) is 0. The van der Waals surface area contributed by atoms with Crippen LogP contribution in [-0.4, -0.2) is 5.75 Å². The first kappa shape index (κ1) is 12.3. The monoisotopic (exact) mass is 270 g/mol. The summed E-state index contributed by atoms with van der Waals surface area (Å²) in [6, 6.07) is 14.5. The number of rotatable bonds is 3. The van der Waals surface area contributed by atoms with Crippen LogP contribution in [0.5, 0.6) is 0 Å². The first-order chi connectivity index (χ1) is 9.36. The first-order valence-corrected chi connectivity index (χ1v) is 7.29. The molecule has 0 saturated carbocycles. The fraction of sp³-hybridized carbons (Fsp3) is 0.267. The van der Waals surface area contributed by atoms with E-state index in [0.717, 1.165) is 17.9 Å². The van der Waals surface area contributed by atoms with Gasteiger partial charge in [-0.15, -0.1) is 11.8 Å². The standard InChI is InChI=1S/C15H14N2OS/c16-9-11-5-6-12(18-11)10-17-14-7-8-19-15-4-2-1-3-13(14)15/h1-6,14,17H,7-8,10H2. The number of nitrogens with zero attached hydrogens (tertiary/aromatic N) is 1. The van der Waals surface area contributed by atoms with E-state index in [1.807, 2.05) is 23.9 Å². The lowest BCUT2D eigenvalue weighted by molar-refractivity contribution is 0.435. The quantitative estimate of drug-likeness (QED) is 0.927. The molecule has 3 nitrogen and oxygen atoms in total. The number of benzene rings is 1. The van der Waals surface area contributed by atoms with Gasteiger partial charge in [0.1, 0.15) is 11.8 Å². The van der Waals surface area contributed by atoms with E-state index in [9.17, 15) is 0 Å². The maximum atomic E-state index is 8.73. The zero-order valence-electron chi connectivity index (χ0n) is 10.4. The van der Waals surface area contributed by atoms with Crippen molar-refractivity contribution in [2.24, 2.45) is 0 Å². The second-order valence-electron chi connectivity index (χ2n) is 4.49. The lowest BCUT2D eigenvalue weighted by atomic mass is 10.0. The zero-order valence-corrected chi connectivity index (χ0v) is 11.2. The molecule has 1 aromatic carbocycles. The summed E-state index contributed by atoms with van der Waals surface area (Å²) in [5.41, 5.74) is 1.37. The lowest BCUT2D eigenvalue weighted by Gasteiger charge is -2.25. The van der Waals surface area contributed by atoms with Crippen LogP contribution in [0.4, 0.5) is 0 Å². The zero-order chi connectivity index (χ0) is 13.1. The first-order valence-electron chi connectivity index (χ1n) is 6.31. The minimum Gasteiger partial charge on any atom is -0.449 e. The van der Waals surface area contributed by atoms with Gasteiger partial charge >= 0.3 is 0 Å². The van der Waals surface area contributed by atoms with Gasteiger partial charge in [0.25, 0.3) is 0 Å². The molecule has 1 unspecified atom stereocenters. The number of hydrogen-bond acceptors (Lipinski definition) is 4. The molecule has 1 aliphatic rings. The van der Waals surface area contributed by atoms with E-state index in [0.29, 0.717) is 18.3 Å². The van der Waals surface area contributed by atoms with Gasteiger partial charge in [-0.2, -0.15) is 5.26 Å². The lowest BCUT2D eigenvalue weighted by Crippen LogP contribution is -2.23. The summed E-state index contributed by atoms with van der Waals surface area (Å²) in [5, 5.41) is 12.2. The summed E-state index contributed by atoms with van der Waals surface area (Å²) in [6.45, 7) is 0.658. The van der Waals surface area contributed by atoms with Crippen molar-refractivity contribution in [2.75, 3.05) is 5.75 Å². The summed E-state index contributed by atoms with van der Waals surface area (Å²) in [4.78, 5) is 1.36. The van der Waals surface area contributed by atoms with E-state index < -0.39 is 0 Å². The molecule has 2 heterocycles. The van der Waals surface area contributed by atoms with Crippen LogP contribution in [0.1, 0.15) is 29.5 Å². The predicted octanol–water partition coefficient (Wildman–Crippen LogP) is 3.48. The van der Waals surface area contributed by atoms with E-state index in [1.165, 1.54) is 10.5 Å². The predicted molar refractivity (Wildman–Crippen MR) is 74.8 cm³/mol. The van der Waals surface area contributed by atoms with Gasteiger partial charge in [-0.3, -0.25) is 0 Å². The Morgan fingerprint density at radius 2 is 2.21 bits per heavy atom. The topological polar surface area (TPSA) is 49.0 Å². The third-order valence-electron chi connectivity index (χ3n) is 3.25. The van der Waals surface area contributed by atoms with E-state index >= 15 is 0 Å². The molecule has 1 N–H and O–H groups in total. The molecule has 96 valence electrons. The maximum Gasteiger partial charge on any atom is 0.203 e. The number of hydrogen-bond donors (Lipinski definition) is 1. The Balaban J connectivity index is 1.70. The minimum absolute atomic E-state index is 0.369. The van der Waals surface area contributed by atoms with Gasteiger partial charge in [-0.1, -0.05) is 18.2 Å². The van der Waals surface area contributed by atoms with Crippen LogP contribution in [-0.2, 0) is 6.54 Å². The molecule has 0 aliphatic carbocycles. The Bertz CT molecular complexity index is 615. The smallest absolute Gasteiger partial charge is 0.203 e. The van der Waals surface area contributed by atoms with Crippen LogP contribution in [0.3, 0.4) is 0 Å². The molecule has 0 saturated heterocycles. The number of fused-ring (bicyclic) bond motifs is 1. The third kappa shape index (κ3) is 2.67. The highest BCUT2D eigenvalue weighted by atomic mass is 32.2. The van der Waals surface area contributed by atoms with E-state index in [-0.39, 0.29) is 0 Å². The molecule has 0 bridgehead atoms. The molecule has 1 aromatic heterocycles. The molecular weight excluding hydrogens is 256 g/mol. The van der Waals surface area contributed by atoms with Crippen molar-refractivity contribution in [1.82, 2.24) is 5.32 Å². The highest BCUT2D eigenvalue weighted by Gasteiger charge is 2.19. The molecule has 1 atom stereocenters. The second-order valence-corrected chi connectivity index (χ2v) is 5.62. The van der Waals surface area contributed by atoms with Crippen molar-refractivity contribution in [3.63, 3.8) is 0 Å². The van der Waals surface area contributed by atoms with Gasteiger partial charge in [0.05, 0.1) is 6.54 Å². The van der Waals surface area contributed by atoms with Crippen molar-refractivity contribution in [2.45, 2.75) is 23.9 Å². The average molecular weight is 270 g/mol. The normalized spacial score (nSPS) is 17.7. The molecule has 0 spiro atoms. The molecule has 0 fully saturated rings. The number of nitriles is 1. The van der Waals surface area contributed by atoms with Crippen molar-refractivity contribution in [3.8, 4) is 6.07 Å². The highest BCUT2D eigenvalue weighted by molar-refractivity contribution is 7.99.